The standard InChI is InChI=1S/C10H9NO2/c1-7-2-3-8-4-5-9(11(12)13)6-10(7)8/h4-6H,1-3H2. The van der Waals surface area contributed by atoms with Crippen molar-refractivity contribution in [3.05, 3.63) is 46.0 Å². The van der Waals surface area contributed by atoms with Gasteiger partial charge in [0.2, 0.25) is 0 Å². The molecule has 0 N–H and O–H groups in total. The fraction of sp³-hybridized carbons (Fsp3) is 0.200. The van der Waals surface area contributed by atoms with Crippen LogP contribution in [-0.2, 0) is 6.42 Å². The summed E-state index contributed by atoms with van der Waals surface area (Å²) in [7, 11) is 0. The normalized spacial score (nSPS) is 14.3. The highest BCUT2D eigenvalue weighted by Gasteiger charge is 2.17. The van der Waals surface area contributed by atoms with Crippen LogP contribution in [0.15, 0.2) is 24.8 Å². The first-order valence-corrected chi connectivity index (χ1v) is 4.14. The first kappa shape index (κ1) is 7.98. The van der Waals surface area contributed by atoms with Crippen molar-refractivity contribution in [3.63, 3.8) is 0 Å². The lowest BCUT2D eigenvalue weighted by atomic mass is 10.1. The molecule has 0 saturated carbocycles. The molecule has 0 radical (unpaired) electrons. The van der Waals surface area contributed by atoms with Gasteiger partial charge in [-0.25, -0.2) is 0 Å². The molecular weight excluding hydrogens is 166 g/mol. The SMILES string of the molecule is C=C1CCc2ccc([N+](=O)[O-])cc21. The molecule has 0 atom stereocenters. The molecule has 0 heterocycles. The molecule has 0 aromatic heterocycles. The van der Waals surface area contributed by atoms with E-state index in [4.69, 9.17) is 0 Å². The van der Waals surface area contributed by atoms with Gasteiger partial charge in [-0.3, -0.25) is 10.1 Å². The third-order valence-corrected chi connectivity index (χ3v) is 2.38. The van der Waals surface area contributed by atoms with Crippen LogP contribution in [0.25, 0.3) is 5.57 Å². The molecule has 0 unspecified atom stereocenters. The molecule has 1 aromatic rings. The fourth-order valence-corrected chi connectivity index (χ4v) is 1.65. The zero-order chi connectivity index (χ0) is 9.42. The topological polar surface area (TPSA) is 43.1 Å². The van der Waals surface area contributed by atoms with Gasteiger partial charge in [0, 0.05) is 12.1 Å². The third kappa shape index (κ3) is 1.22. The second-order valence-corrected chi connectivity index (χ2v) is 3.20. The lowest BCUT2D eigenvalue weighted by Gasteiger charge is -1.98. The summed E-state index contributed by atoms with van der Waals surface area (Å²) in [6, 6.07) is 4.99. The van der Waals surface area contributed by atoms with Crippen molar-refractivity contribution in [2.24, 2.45) is 0 Å². The molecule has 1 aromatic carbocycles. The van der Waals surface area contributed by atoms with Gasteiger partial charge >= 0.3 is 0 Å². The van der Waals surface area contributed by atoms with E-state index in [1.807, 2.05) is 6.07 Å². The number of rotatable bonds is 1. The Balaban J connectivity index is 2.54. The second kappa shape index (κ2) is 2.69. The van der Waals surface area contributed by atoms with Gasteiger partial charge in [0.05, 0.1) is 4.92 Å². The molecule has 0 aliphatic heterocycles. The predicted molar refractivity (Wildman–Crippen MR) is 50.5 cm³/mol. The molecule has 0 saturated heterocycles. The predicted octanol–water partition coefficient (Wildman–Crippen LogP) is 2.55. The van der Waals surface area contributed by atoms with E-state index in [0.717, 1.165) is 24.0 Å². The van der Waals surface area contributed by atoms with E-state index in [9.17, 15) is 10.1 Å². The van der Waals surface area contributed by atoms with Crippen molar-refractivity contribution < 1.29 is 4.92 Å². The zero-order valence-corrected chi connectivity index (χ0v) is 7.12. The van der Waals surface area contributed by atoms with E-state index in [2.05, 4.69) is 6.58 Å². The Hall–Kier alpha value is -1.64. The first-order chi connectivity index (χ1) is 6.18. The Kier molecular flexibility index (Phi) is 1.65. The van der Waals surface area contributed by atoms with Crippen molar-refractivity contribution in [1.29, 1.82) is 0 Å². The summed E-state index contributed by atoms with van der Waals surface area (Å²) in [6.45, 7) is 3.87. The average molecular weight is 175 g/mol. The summed E-state index contributed by atoms with van der Waals surface area (Å²) in [4.78, 5) is 10.1. The molecule has 0 fully saturated rings. The smallest absolute Gasteiger partial charge is 0.258 e. The third-order valence-electron chi connectivity index (χ3n) is 2.38. The van der Waals surface area contributed by atoms with Gasteiger partial charge in [-0.15, -0.1) is 0 Å². The largest absolute Gasteiger partial charge is 0.270 e. The maximum atomic E-state index is 10.5. The van der Waals surface area contributed by atoms with Crippen LogP contribution in [0.1, 0.15) is 17.5 Å². The van der Waals surface area contributed by atoms with Crippen LogP contribution < -0.4 is 0 Å². The first-order valence-electron chi connectivity index (χ1n) is 4.14. The van der Waals surface area contributed by atoms with Gasteiger partial charge in [0.1, 0.15) is 0 Å². The van der Waals surface area contributed by atoms with Gasteiger partial charge < -0.3 is 0 Å². The van der Waals surface area contributed by atoms with Crippen LogP contribution in [-0.4, -0.2) is 4.92 Å². The molecule has 2 rings (SSSR count). The molecule has 1 aliphatic rings. The number of aryl methyl sites for hydroxylation is 1. The summed E-state index contributed by atoms with van der Waals surface area (Å²) in [6.07, 6.45) is 1.89. The number of nitro benzene ring substituents is 1. The number of hydrogen-bond donors (Lipinski definition) is 0. The average Bonchev–Trinajstić information content (AvgIpc) is 2.47. The molecule has 0 amide bonds. The van der Waals surface area contributed by atoms with Crippen LogP contribution in [0.3, 0.4) is 0 Å². The van der Waals surface area contributed by atoms with Crippen molar-refractivity contribution in [2.45, 2.75) is 12.8 Å². The van der Waals surface area contributed by atoms with Crippen molar-refractivity contribution in [3.8, 4) is 0 Å². The number of non-ortho nitro benzene ring substituents is 1. The Bertz CT molecular complexity index is 396. The van der Waals surface area contributed by atoms with Crippen LogP contribution in [0.2, 0.25) is 0 Å². The van der Waals surface area contributed by atoms with Gasteiger partial charge in [-0.2, -0.15) is 0 Å². The quantitative estimate of drug-likeness (QED) is 0.486. The molecular formula is C10H9NO2. The van der Waals surface area contributed by atoms with Crippen LogP contribution in [0.4, 0.5) is 5.69 Å². The number of benzene rings is 1. The molecule has 3 heteroatoms. The summed E-state index contributed by atoms with van der Waals surface area (Å²) in [5, 5.41) is 10.5. The summed E-state index contributed by atoms with van der Waals surface area (Å²) in [5.74, 6) is 0. The van der Waals surface area contributed by atoms with Gasteiger partial charge in [-0.1, -0.05) is 12.6 Å². The van der Waals surface area contributed by atoms with Crippen LogP contribution in [0.5, 0.6) is 0 Å². The van der Waals surface area contributed by atoms with Crippen LogP contribution in [0, 0.1) is 10.1 Å². The number of hydrogen-bond acceptors (Lipinski definition) is 2. The van der Waals surface area contributed by atoms with Gasteiger partial charge in [0.15, 0.2) is 0 Å². The van der Waals surface area contributed by atoms with Gasteiger partial charge in [0.25, 0.3) is 5.69 Å². The van der Waals surface area contributed by atoms with E-state index in [0.29, 0.717) is 0 Å². The maximum Gasteiger partial charge on any atom is 0.270 e. The molecule has 3 nitrogen and oxygen atoms in total. The monoisotopic (exact) mass is 175 g/mol. The van der Waals surface area contributed by atoms with E-state index >= 15 is 0 Å². The Labute approximate surface area is 75.8 Å². The zero-order valence-electron chi connectivity index (χ0n) is 7.12. The Morgan fingerprint density at radius 2 is 2.15 bits per heavy atom. The molecule has 1 aliphatic carbocycles. The number of allylic oxidation sites excluding steroid dienone is 1. The fourth-order valence-electron chi connectivity index (χ4n) is 1.65. The lowest BCUT2D eigenvalue weighted by molar-refractivity contribution is -0.384. The molecule has 0 spiro atoms. The highest BCUT2D eigenvalue weighted by Crippen LogP contribution is 2.32. The van der Waals surface area contributed by atoms with Crippen molar-refractivity contribution in [2.75, 3.05) is 0 Å². The van der Waals surface area contributed by atoms with E-state index < -0.39 is 0 Å². The highest BCUT2D eigenvalue weighted by atomic mass is 16.6. The Morgan fingerprint density at radius 1 is 1.38 bits per heavy atom. The summed E-state index contributed by atoms with van der Waals surface area (Å²) < 4.78 is 0. The molecule has 13 heavy (non-hydrogen) atoms. The van der Waals surface area contributed by atoms with E-state index in [1.165, 1.54) is 5.56 Å². The van der Waals surface area contributed by atoms with E-state index in [1.54, 1.807) is 12.1 Å². The number of nitro groups is 1. The number of fused-ring (bicyclic) bond motifs is 1. The van der Waals surface area contributed by atoms with Crippen molar-refractivity contribution >= 4 is 11.3 Å². The van der Waals surface area contributed by atoms with Gasteiger partial charge in [-0.05, 0) is 29.5 Å². The minimum absolute atomic E-state index is 0.154. The maximum absolute atomic E-state index is 10.5. The molecule has 66 valence electrons. The minimum atomic E-state index is -0.369. The molecule has 0 bridgehead atoms. The van der Waals surface area contributed by atoms with Crippen LogP contribution >= 0.6 is 0 Å². The summed E-state index contributed by atoms with van der Waals surface area (Å²) >= 11 is 0. The minimum Gasteiger partial charge on any atom is -0.258 e. The Morgan fingerprint density at radius 3 is 2.85 bits per heavy atom. The number of nitrogens with zero attached hydrogens (tertiary/aromatic N) is 1. The summed E-state index contributed by atoms with van der Waals surface area (Å²) in [5.41, 5.74) is 3.31. The highest BCUT2D eigenvalue weighted by molar-refractivity contribution is 5.72. The van der Waals surface area contributed by atoms with E-state index in [-0.39, 0.29) is 10.6 Å². The lowest BCUT2D eigenvalue weighted by Crippen LogP contribution is -1.89. The van der Waals surface area contributed by atoms with Crippen molar-refractivity contribution in [1.82, 2.24) is 0 Å². The second-order valence-electron chi connectivity index (χ2n) is 3.20.